The molecule has 0 amide bonds. The highest BCUT2D eigenvalue weighted by Gasteiger charge is 2.03. The zero-order valence-electron chi connectivity index (χ0n) is 12.2. The first-order chi connectivity index (χ1) is 10.7. The van der Waals surface area contributed by atoms with Crippen molar-refractivity contribution < 1.29 is 4.74 Å². The van der Waals surface area contributed by atoms with Crippen molar-refractivity contribution >= 4 is 33.8 Å². The van der Waals surface area contributed by atoms with Crippen LogP contribution >= 0.6 is 12.2 Å². The molecular weight excluding hydrogens is 292 g/mol. The van der Waals surface area contributed by atoms with E-state index in [4.69, 9.17) is 22.7 Å². The summed E-state index contributed by atoms with van der Waals surface area (Å²) >= 11 is 4.88. The molecule has 0 aliphatic carbocycles. The lowest BCUT2D eigenvalue weighted by Crippen LogP contribution is -2.18. The van der Waals surface area contributed by atoms with Crippen molar-refractivity contribution in [2.24, 2.45) is 5.73 Å². The molecule has 0 radical (unpaired) electrons. The monoisotopic (exact) mass is 308 g/mol. The number of ether oxygens (including phenoxy) is 1. The smallest absolute Gasteiger partial charge is 0.168 e. The van der Waals surface area contributed by atoms with Crippen molar-refractivity contribution in [2.45, 2.75) is 0 Å². The lowest BCUT2D eigenvalue weighted by atomic mass is 10.0. The Kier molecular flexibility index (Phi) is 3.94. The Morgan fingerprint density at radius 1 is 0.955 bits per heavy atom. The van der Waals surface area contributed by atoms with Crippen LogP contribution in [0.4, 0.5) is 5.69 Å². The highest BCUT2D eigenvalue weighted by Crippen LogP contribution is 2.28. The summed E-state index contributed by atoms with van der Waals surface area (Å²) in [7, 11) is 1.68. The molecule has 3 aromatic rings. The van der Waals surface area contributed by atoms with E-state index in [2.05, 4.69) is 35.6 Å². The van der Waals surface area contributed by atoms with E-state index in [1.807, 2.05) is 30.3 Å². The Hall–Kier alpha value is -2.59. The average Bonchev–Trinajstić information content (AvgIpc) is 2.53. The predicted molar refractivity (Wildman–Crippen MR) is 96.3 cm³/mol. The summed E-state index contributed by atoms with van der Waals surface area (Å²) in [5.41, 5.74) is 8.67. The summed E-state index contributed by atoms with van der Waals surface area (Å²) in [6, 6.07) is 20.4. The van der Waals surface area contributed by atoms with E-state index in [1.165, 1.54) is 5.39 Å². The molecule has 3 aromatic carbocycles. The topological polar surface area (TPSA) is 47.3 Å². The molecule has 0 aromatic heterocycles. The van der Waals surface area contributed by atoms with Crippen molar-refractivity contribution in [1.29, 1.82) is 0 Å². The Bertz CT molecular complexity index is 845. The Morgan fingerprint density at radius 2 is 1.68 bits per heavy atom. The van der Waals surface area contributed by atoms with E-state index in [-0.39, 0.29) is 5.11 Å². The van der Waals surface area contributed by atoms with Gasteiger partial charge in [0.25, 0.3) is 0 Å². The van der Waals surface area contributed by atoms with Gasteiger partial charge in [-0.2, -0.15) is 0 Å². The summed E-state index contributed by atoms with van der Waals surface area (Å²) in [6.07, 6.45) is 0. The van der Waals surface area contributed by atoms with Gasteiger partial charge in [-0.05, 0) is 64.4 Å². The molecule has 3 nitrogen and oxygen atoms in total. The molecule has 0 unspecified atom stereocenters. The third-order valence-electron chi connectivity index (χ3n) is 3.51. The quantitative estimate of drug-likeness (QED) is 0.713. The first-order valence-electron chi connectivity index (χ1n) is 6.90. The lowest BCUT2D eigenvalue weighted by molar-refractivity contribution is 0.415. The van der Waals surface area contributed by atoms with Crippen LogP contribution in [0.15, 0.2) is 60.7 Å². The fourth-order valence-corrected chi connectivity index (χ4v) is 2.57. The van der Waals surface area contributed by atoms with Crippen molar-refractivity contribution in [1.82, 2.24) is 0 Å². The van der Waals surface area contributed by atoms with Gasteiger partial charge in [-0.3, -0.25) is 0 Å². The van der Waals surface area contributed by atoms with Gasteiger partial charge in [0.05, 0.1) is 7.11 Å². The number of methoxy groups -OCH3 is 1. The number of hydrogen-bond acceptors (Lipinski definition) is 2. The number of anilines is 1. The lowest BCUT2D eigenvalue weighted by Gasteiger charge is -2.09. The predicted octanol–water partition coefficient (Wildman–Crippen LogP) is 4.17. The molecule has 4 heteroatoms. The number of nitrogens with one attached hydrogen (secondary N) is 1. The third kappa shape index (κ3) is 3.02. The van der Waals surface area contributed by atoms with E-state index in [9.17, 15) is 0 Å². The number of nitrogens with two attached hydrogens (primary N) is 1. The van der Waals surface area contributed by atoms with Crippen LogP contribution < -0.4 is 15.8 Å². The largest absolute Gasteiger partial charge is 0.497 e. The third-order valence-corrected chi connectivity index (χ3v) is 3.61. The summed E-state index contributed by atoms with van der Waals surface area (Å²) in [6.45, 7) is 0. The maximum absolute atomic E-state index is 5.52. The molecule has 0 atom stereocenters. The SMILES string of the molecule is COc1ccc2cc(-c3cccc(NC(N)=S)c3)ccc2c1. The molecule has 0 aliphatic rings. The van der Waals surface area contributed by atoms with Gasteiger partial charge in [0.1, 0.15) is 5.75 Å². The van der Waals surface area contributed by atoms with E-state index in [1.54, 1.807) is 7.11 Å². The highest BCUT2D eigenvalue weighted by atomic mass is 32.1. The minimum absolute atomic E-state index is 0.266. The van der Waals surface area contributed by atoms with Crippen LogP contribution in [0.1, 0.15) is 0 Å². The van der Waals surface area contributed by atoms with E-state index in [0.717, 1.165) is 28.0 Å². The maximum atomic E-state index is 5.52. The van der Waals surface area contributed by atoms with E-state index >= 15 is 0 Å². The maximum Gasteiger partial charge on any atom is 0.168 e. The zero-order chi connectivity index (χ0) is 15.5. The van der Waals surface area contributed by atoms with Crippen molar-refractivity contribution in [3.8, 4) is 16.9 Å². The number of benzene rings is 3. The van der Waals surface area contributed by atoms with Crippen LogP contribution in [0.25, 0.3) is 21.9 Å². The standard InChI is InChI=1S/C18H16N2OS/c1-21-17-8-7-14-9-13(5-6-15(14)11-17)12-3-2-4-16(10-12)20-18(19)22/h2-11H,1H3,(H3,19,20,22). The first kappa shape index (κ1) is 14.4. The van der Waals surface area contributed by atoms with Crippen LogP contribution in [0.5, 0.6) is 5.75 Å². The van der Waals surface area contributed by atoms with Crippen LogP contribution in [0.2, 0.25) is 0 Å². The number of fused-ring (bicyclic) bond motifs is 1. The van der Waals surface area contributed by atoms with Crippen molar-refractivity contribution in [3.63, 3.8) is 0 Å². The van der Waals surface area contributed by atoms with Gasteiger partial charge in [-0.1, -0.05) is 30.3 Å². The normalized spacial score (nSPS) is 10.4. The second-order valence-electron chi connectivity index (χ2n) is 5.00. The number of hydrogen-bond donors (Lipinski definition) is 2. The second kappa shape index (κ2) is 6.03. The van der Waals surface area contributed by atoms with Gasteiger partial charge < -0.3 is 15.8 Å². The molecule has 0 aliphatic heterocycles. The van der Waals surface area contributed by atoms with Crippen LogP contribution in [-0.4, -0.2) is 12.2 Å². The molecule has 0 spiro atoms. The molecule has 0 saturated heterocycles. The van der Waals surface area contributed by atoms with E-state index < -0.39 is 0 Å². The van der Waals surface area contributed by atoms with E-state index in [0.29, 0.717) is 0 Å². The Balaban J connectivity index is 2.01. The summed E-state index contributed by atoms with van der Waals surface area (Å²) in [5, 5.41) is 5.55. The molecule has 110 valence electrons. The van der Waals surface area contributed by atoms with Crippen LogP contribution in [0.3, 0.4) is 0 Å². The van der Waals surface area contributed by atoms with Gasteiger partial charge in [0.15, 0.2) is 5.11 Å². The Morgan fingerprint density at radius 3 is 2.45 bits per heavy atom. The number of thiocarbonyl (C=S) groups is 1. The van der Waals surface area contributed by atoms with Gasteiger partial charge in [0.2, 0.25) is 0 Å². The molecule has 0 saturated carbocycles. The van der Waals surface area contributed by atoms with Gasteiger partial charge >= 0.3 is 0 Å². The molecule has 22 heavy (non-hydrogen) atoms. The zero-order valence-corrected chi connectivity index (χ0v) is 13.0. The van der Waals surface area contributed by atoms with Gasteiger partial charge in [-0.15, -0.1) is 0 Å². The van der Waals surface area contributed by atoms with Gasteiger partial charge in [0, 0.05) is 5.69 Å². The Labute approximate surface area is 134 Å². The van der Waals surface area contributed by atoms with Crippen LogP contribution in [0, 0.1) is 0 Å². The molecule has 0 bridgehead atoms. The van der Waals surface area contributed by atoms with Crippen molar-refractivity contribution in [2.75, 3.05) is 12.4 Å². The molecule has 0 fully saturated rings. The highest BCUT2D eigenvalue weighted by molar-refractivity contribution is 7.80. The summed E-state index contributed by atoms with van der Waals surface area (Å²) in [5.74, 6) is 0.864. The number of rotatable bonds is 3. The minimum Gasteiger partial charge on any atom is -0.497 e. The molecular formula is C18H16N2OS. The fourth-order valence-electron chi connectivity index (χ4n) is 2.45. The molecule has 0 heterocycles. The van der Waals surface area contributed by atoms with Crippen molar-refractivity contribution in [3.05, 3.63) is 60.7 Å². The van der Waals surface area contributed by atoms with Crippen LogP contribution in [-0.2, 0) is 0 Å². The molecule has 3 rings (SSSR count). The molecule has 3 N–H and O–H groups in total. The summed E-state index contributed by atoms with van der Waals surface area (Å²) < 4.78 is 5.26. The first-order valence-corrected chi connectivity index (χ1v) is 7.31. The second-order valence-corrected chi connectivity index (χ2v) is 5.44. The average molecular weight is 308 g/mol. The minimum atomic E-state index is 0.266. The van der Waals surface area contributed by atoms with Gasteiger partial charge in [-0.25, -0.2) is 0 Å². The summed E-state index contributed by atoms with van der Waals surface area (Å²) in [4.78, 5) is 0. The fraction of sp³-hybridized carbons (Fsp3) is 0.0556.